The lowest BCUT2D eigenvalue weighted by molar-refractivity contribution is -0.120. The number of rotatable bonds is 5. The second-order valence-electron chi connectivity index (χ2n) is 7.05. The molecule has 2 aromatic carbocycles. The Balaban J connectivity index is 1.68. The molecule has 1 aliphatic rings. The molecule has 8 heteroatoms. The predicted octanol–water partition coefficient (Wildman–Crippen LogP) is 4.48. The van der Waals surface area contributed by atoms with Gasteiger partial charge in [0.2, 0.25) is 15.9 Å². The summed E-state index contributed by atoms with van der Waals surface area (Å²) < 4.78 is 27.1. The fourth-order valence-electron chi connectivity index (χ4n) is 3.30. The molecule has 2 aromatic rings. The molecular weight excluding hydrogens is 419 g/mol. The first-order chi connectivity index (χ1) is 13.2. The third-order valence-electron chi connectivity index (χ3n) is 4.79. The molecule has 1 N–H and O–H groups in total. The molecule has 1 amide bonds. The van der Waals surface area contributed by atoms with Gasteiger partial charge in [-0.2, -0.15) is 0 Å². The third kappa shape index (κ3) is 5.26. The van der Waals surface area contributed by atoms with Crippen molar-refractivity contribution in [1.82, 2.24) is 4.31 Å². The van der Waals surface area contributed by atoms with Crippen LogP contribution in [0.5, 0.6) is 0 Å². The third-order valence-corrected chi connectivity index (χ3v) is 7.17. The average molecular weight is 441 g/mol. The minimum atomic E-state index is -3.59. The highest BCUT2D eigenvalue weighted by atomic mass is 35.5. The van der Waals surface area contributed by atoms with E-state index in [2.05, 4.69) is 5.32 Å². The molecular formula is C20H22Cl2N2O3S. The number of halogens is 2. The van der Waals surface area contributed by atoms with Crippen molar-refractivity contribution in [2.75, 3.05) is 18.4 Å². The lowest BCUT2D eigenvalue weighted by Gasteiger charge is -2.31. The first kappa shape index (κ1) is 21.1. The van der Waals surface area contributed by atoms with Gasteiger partial charge in [0.05, 0.1) is 11.7 Å². The Labute approximate surface area is 175 Å². The van der Waals surface area contributed by atoms with E-state index in [0.29, 0.717) is 35.0 Å². The van der Waals surface area contributed by atoms with Crippen LogP contribution >= 0.6 is 23.2 Å². The van der Waals surface area contributed by atoms with Crippen LogP contribution in [0.4, 0.5) is 5.69 Å². The predicted molar refractivity (Wildman–Crippen MR) is 113 cm³/mol. The summed E-state index contributed by atoms with van der Waals surface area (Å²) in [7, 11) is -3.59. The van der Waals surface area contributed by atoms with Crippen molar-refractivity contribution in [1.29, 1.82) is 0 Å². The van der Waals surface area contributed by atoms with E-state index in [4.69, 9.17) is 23.2 Å². The van der Waals surface area contributed by atoms with Crippen LogP contribution in [0.3, 0.4) is 0 Å². The van der Waals surface area contributed by atoms with Gasteiger partial charge in [-0.1, -0.05) is 41.4 Å². The summed E-state index contributed by atoms with van der Waals surface area (Å²) in [5, 5.41) is 3.67. The Morgan fingerprint density at radius 1 is 1.21 bits per heavy atom. The monoisotopic (exact) mass is 440 g/mol. The molecule has 150 valence electrons. The second kappa shape index (κ2) is 8.82. The number of benzene rings is 2. The lowest BCUT2D eigenvalue weighted by Crippen LogP contribution is -2.44. The normalized spacial score (nSPS) is 18.0. The maximum Gasteiger partial charge on any atom is 0.228 e. The largest absolute Gasteiger partial charge is 0.326 e. The van der Waals surface area contributed by atoms with E-state index < -0.39 is 10.0 Å². The highest BCUT2D eigenvalue weighted by molar-refractivity contribution is 7.88. The summed E-state index contributed by atoms with van der Waals surface area (Å²) in [5.41, 5.74) is 2.26. The quantitative estimate of drug-likeness (QED) is 0.744. The number of hydrogen-bond acceptors (Lipinski definition) is 3. The zero-order chi connectivity index (χ0) is 20.3. The Bertz CT molecular complexity index is 979. The van der Waals surface area contributed by atoms with Crippen molar-refractivity contribution >= 4 is 44.8 Å². The number of hydrogen-bond donors (Lipinski definition) is 1. The maximum absolute atomic E-state index is 12.9. The Morgan fingerprint density at radius 2 is 2.00 bits per heavy atom. The molecule has 0 aromatic heterocycles. The van der Waals surface area contributed by atoms with Gasteiger partial charge in [0, 0.05) is 28.8 Å². The Kier molecular flexibility index (Phi) is 6.65. The highest BCUT2D eigenvalue weighted by Crippen LogP contribution is 2.27. The average Bonchev–Trinajstić information content (AvgIpc) is 2.64. The van der Waals surface area contributed by atoms with Crippen molar-refractivity contribution in [3.8, 4) is 0 Å². The van der Waals surface area contributed by atoms with Gasteiger partial charge in [-0.25, -0.2) is 12.7 Å². The summed E-state index contributed by atoms with van der Waals surface area (Å²) in [6, 6.07) is 12.3. The number of aryl methyl sites for hydroxylation is 1. The molecule has 3 rings (SSSR count). The van der Waals surface area contributed by atoms with Gasteiger partial charge in [-0.05, 0) is 55.2 Å². The molecule has 1 saturated heterocycles. The summed E-state index contributed by atoms with van der Waals surface area (Å²) in [5.74, 6) is -0.755. The molecule has 0 aliphatic carbocycles. The van der Waals surface area contributed by atoms with Gasteiger partial charge in [-0.15, -0.1) is 0 Å². The van der Waals surface area contributed by atoms with Crippen LogP contribution in [0.15, 0.2) is 42.5 Å². The van der Waals surface area contributed by atoms with E-state index in [0.717, 1.165) is 11.3 Å². The first-order valence-corrected chi connectivity index (χ1v) is 11.4. The Hall–Kier alpha value is -1.60. The van der Waals surface area contributed by atoms with Crippen LogP contribution < -0.4 is 5.32 Å². The van der Waals surface area contributed by atoms with E-state index in [1.807, 2.05) is 31.2 Å². The topological polar surface area (TPSA) is 66.5 Å². The number of amides is 1. The molecule has 0 saturated carbocycles. The number of sulfonamides is 1. The van der Waals surface area contributed by atoms with Gasteiger partial charge < -0.3 is 5.32 Å². The lowest BCUT2D eigenvalue weighted by atomic mass is 9.98. The van der Waals surface area contributed by atoms with Crippen LogP contribution in [0, 0.1) is 12.8 Å². The minimum absolute atomic E-state index is 0.157. The van der Waals surface area contributed by atoms with E-state index in [1.54, 1.807) is 12.1 Å². The van der Waals surface area contributed by atoms with E-state index >= 15 is 0 Å². The summed E-state index contributed by atoms with van der Waals surface area (Å²) in [4.78, 5) is 12.6. The standard InChI is InChI=1S/C20H22Cl2N2O3S/c1-14-4-2-6-18(10-14)23-20(25)15-5-3-9-24(12-15)28(26,27)13-16-7-8-17(21)11-19(16)22/h2,4,6-8,10-11,15H,3,5,9,12-13H2,1H3,(H,23,25)/t15-/m0/s1. The molecule has 0 unspecified atom stereocenters. The smallest absolute Gasteiger partial charge is 0.228 e. The minimum Gasteiger partial charge on any atom is -0.326 e. The van der Waals surface area contributed by atoms with Crippen LogP contribution in [-0.4, -0.2) is 31.7 Å². The number of carbonyl (C=O) groups excluding carboxylic acids is 1. The second-order valence-corrected chi connectivity index (χ2v) is 9.86. The molecule has 28 heavy (non-hydrogen) atoms. The zero-order valence-corrected chi connectivity index (χ0v) is 17.8. The SMILES string of the molecule is Cc1cccc(NC(=O)[C@H]2CCCN(S(=O)(=O)Cc3ccc(Cl)cc3Cl)C2)c1. The first-order valence-electron chi connectivity index (χ1n) is 9.04. The van der Waals surface area contributed by atoms with E-state index in [9.17, 15) is 13.2 Å². The van der Waals surface area contributed by atoms with Gasteiger partial charge >= 0.3 is 0 Å². The Morgan fingerprint density at radius 3 is 2.71 bits per heavy atom. The van der Waals surface area contributed by atoms with Crippen molar-refractivity contribution in [3.63, 3.8) is 0 Å². The fourth-order valence-corrected chi connectivity index (χ4v) is 5.50. The molecule has 5 nitrogen and oxygen atoms in total. The number of anilines is 1. The molecule has 1 fully saturated rings. The van der Waals surface area contributed by atoms with E-state index in [-0.39, 0.29) is 24.1 Å². The van der Waals surface area contributed by atoms with Crippen molar-refractivity contribution in [2.24, 2.45) is 5.92 Å². The number of nitrogens with zero attached hydrogens (tertiary/aromatic N) is 1. The molecule has 0 spiro atoms. The molecule has 0 bridgehead atoms. The van der Waals surface area contributed by atoms with Crippen LogP contribution in [0.1, 0.15) is 24.0 Å². The van der Waals surface area contributed by atoms with Gasteiger partial charge in [-0.3, -0.25) is 4.79 Å². The zero-order valence-electron chi connectivity index (χ0n) is 15.5. The fraction of sp³-hybridized carbons (Fsp3) is 0.350. The van der Waals surface area contributed by atoms with Gasteiger partial charge in [0.1, 0.15) is 0 Å². The maximum atomic E-state index is 12.9. The van der Waals surface area contributed by atoms with Crippen LogP contribution in [0.2, 0.25) is 10.0 Å². The van der Waals surface area contributed by atoms with Gasteiger partial charge in [0.15, 0.2) is 0 Å². The van der Waals surface area contributed by atoms with Crippen LogP contribution in [0.25, 0.3) is 0 Å². The highest BCUT2D eigenvalue weighted by Gasteiger charge is 2.32. The van der Waals surface area contributed by atoms with Crippen molar-refractivity contribution < 1.29 is 13.2 Å². The molecule has 1 aliphatic heterocycles. The van der Waals surface area contributed by atoms with E-state index in [1.165, 1.54) is 10.4 Å². The summed E-state index contributed by atoms with van der Waals surface area (Å²) in [6.45, 7) is 2.53. The van der Waals surface area contributed by atoms with Gasteiger partial charge in [0.25, 0.3) is 0 Å². The number of piperidine rings is 1. The van der Waals surface area contributed by atoms with Crippen molar-refractivity contribution in [2.45, 2.75) is 25.5 Å². The number of nitrogens with one attached hydrogen (secondary N) is 1. The molecule has 1 heterocycles. The molecule has 1 atom stereocenters. The van der Waals surface area contributed by atoms with Crippen molar-refractivity contribution in [3.05, 3.63) is 63.6 Å². The number of carbonyl (C=O) groups is 1. The molecule has 0 radical (unpaired) electrons. The van der Waals surface area contributed by atoms with Crippen LogP contribution in [-0.2, 0) is 20.6 Å². The summed E-state index contributed by atoms with van der Waals surface area (Å²) >= 11 is 12.0. The summed E-state index contributed by atoms with van der Waals surface area (Å²) in [6.07, 6.45) is 1.30.